The number of carbonyl (C=O) groups excluding carboxylic acids is 1. The molecule has 0 saturated heterocycles. The summed E-state index contributed by atoms with van der Waals surface area (Å²) in [7, 11) is 0. The van der Waals surface area contributed by atoms with E-state index in [1.807, 2.05) is 46.8 Å². The molecule has 2 heterocycles. The third-order valence-electron chi connectivity index (χ3n) is 4.85. The summed E-state index contributed by atoms with van der Waals surface area (Å²) >= 11 is 0. The van der Waals surface area contributed by atoms with Crippen LogP contribution in [0.2, 0.25) is 0 Å². The van der Waals surface area contributed by atoms with Crippen LogP contribution in [0.25, 0.3) is 11.0 Å². The van der Waals surface area contributed by atoms with Gasteiger partial charge in [0, 0.05) is 11.8 Å². The molecule has 0 amide bonds. The Balaban J connectivity index is 2.22. The lowest BCUT2D eigenvalue weighted by atomic mass is 9.75. The van der Waals surface area contributed by atoms with E-state index in [1.54, 1.807) is 12.1 Å². The minimum Gasteiger partial charge on any atom is -0.488 e. The first kappa shape index (κ1) is 16.5. The number of allylic oxidation sites excluding steroid dienone is 2. The predicted octanol–water partition coefficient (Wildman–Crippen LogP) is 4.07. The lowest BCUT2D eigenvalue weighted by molar-refractivity contribution is -0.116. The molecule has 0 aliphatic carbocycles. The molecule has 0 bridgehead atoms. The molecule has 1 aromatic carbocycles. The van der Waals surface area contributed by atoms with E-state index in [2.05, 4.69) is 0 Å². The van der Waals surface area contributed by atoms with Crippen molar-refractivity contribution in [3.05, 3.63) is 51.4 Å². The Kier molecular flexibility index (Phi) is 3.86. The largest absolute Gasteiger partial charge is 0.488 e. The normalized spacial score (nSPS) is 22.1. The summed E-state index contributed by atoms with van der Waals surface area (Å²) in [6.45, 7) is 9.53. The van der Waals surface area contributed by atoms with Crippen LogP contribution in [0.5, 0.6) is 5.75 Å². The molecule has 1 aliphatic rings. The van der Waals surface area contributed by atoms with Crippen LogP contribution in [0.3, 0.4) is 0 Å². The van der Waals surface area contributed by atoms with Crippen molar-refractivity contribution in [3.63, 3.8) is 0 Å². The van der Waals surface area contributed by atoms with Crippen molar-refractivity contribution in [1.29, 1.82) is 0 Å². The number of carbonyl (C=O) groups is 1. The Morgan fingerprint density at radius 1 is 1.33 bits per heavy atom. The lowest BCUT2D eigenvalue weighted by Gasteiger charge is -2.25. The summed E-state index contributed by atoms with van der Waals surface area (Å²) in [4.78, 5) is 25.0. The number of benzene rings is 1. The van der Waals surface area contributed by atoms with Crippen LogP contribution < -0.4 is 10.4 Å². The Hall–Kier alpha value is -2.36. The van der Waals surface area contributed by atoms with E-state index in [0.717, 1.165) is 16.5 Å². The second-order valence-corrected chi connectivity index (χ2v) is 7.08. The maximum Gasteiger partial charge on any atom is 0.343 e. The molecule has 2 atom stereocenters. The molecule has 2 aromatic rings. The van der Waals surface area contributed by atoms with Gasteiger partial charge in [-0.3, -0.25) is 4.79 Å². The van der Waals surface area contributed by atoms with Crippen molar-refractivity contribution in [2.24, 2.45) is 0 Å². The van der Waals surface area contributed by atoms with Crippen LogP contribution >= 0.6 is 0 Å². The molecule has 3 rings (SSSR count). The smallest absolute Gasteiger partial charge is 0.343 e. The van der Waals surface area contributed by atoms with Gasteiger partial charge in [0.05, 0.1) is 10.9 Å². The van der Waals surface area contributed by atoms with Gasteiger partial charge >= 0.3 is 5.63 Å². The van der Waals surface area contributed by atoms with Crippen molar-refractivity contribution in [1.82, 2.24) is 0 Å². The fourth-order valence-corrected chi connectivity index (χ4v) is 3.47. The first-order valence-electron chi connectivity index (χ1n) is 8.15. The molecule has 4 nitrogen and oxygen atoms in total. The van der Waals surface area contributed by atoms with Gasteiger partial charge in [-0.05, 0) is 45.4 Å². The molecule has 0 fully saturated rings. The molecule has 0 N–H and O–H groups in total. The number of hydrogen-bond acceptors (Lipinski definition) is 4. The SMILES string of the molecule is CC(C)=CC(=O)CC1(C)c2c(c3c(C)cccc3oc2=O)OC1C. The quantitative estimate of drug-likeness (QED) is 0.630. The van der Waals surface area contributed by atoms with Crippen molar-refractivity contribution >= 4 is 16.8 Å². The minimum absolute atomic E-state index is 0.00918. The Labute approximate surface area is 141 Å². The average molecular weight is 326 g/mol. The summed E-state index contributed by atoms with van der Waals surface area (Å²) in [5.74, 6) is 0.560. The van der Waals surface area contributed by atoms with Crippen LogP contribution in [-0.2, 0) is 10.2 Å². The molecule has 0 saturated carbocycles. The zero-order valence-electron chi connectivity index (χ0n) is 14.7. The maximum atomic E-state index is 12.6. The Morgan fingerprint density at radius 2 is 2.04 bits per heavy atom. The van der Waals surface area contributed by atoms with Gasteiger partial charge in [-0.1, -0.05) is 24.6 Å². The van der Waals surface area contributed by atoms with Crippen LogP contribution in [-0.4, -0.2) is 11.9 Å². The minimum atomic E-state index is -0.699. The van der Waals surface area contributed by atoms with E-state index in [9.17, 15) is 9.59 Å². The molecule has 1 aliphatic heterocycles. The number of ketones is 1. The van der Waals surface area contributed by atoms with E-state index in [4.69, 9.17) is 9.15 Å². The molecule has 24 heavy (non-hydrogen) atoms. The van der Waals surface area contributed by atoms with Crippen molar-refractivity contribution < 1.29 is 13.9 Å². The number of fused-ring (bicyclic) bond motifs is 3. The highest BCUT2D eigenvalue weighted by molar-refractivity contribution is 5.93. The lowest BCUT2D eigenvalue weighted by Crippen LogP contribution is -2.37. The number of ether oxygens (including phenoxy) is 1. The molecular formula is C20H22O4. The van der Waals surface area contributed by atoms with Gasteiger partial charge < -0.3 is 9.15 Å². The van der Waals surface area contributed by atoms with E-state index in [-0.39, 0.29) is 18.3 Å². The van der Waals surface area contributed by atoms with Gasteiger partial charge in [0.25, 0.3) is 0 Å². The predicted molar refractivity (Wildman–Crippen MR) is 93.7 cm³/mol. The van der Waals surface area contributed by atoms with Crippen LogP contribution in [0, 0.1) is 6.92 Å². The summed E-state index contributed by atoms with van der Waals surface area (Å²) in [6.07, 6.45) is 1.55. The Morgan fingerprint density at radius 3 is 2.71 bits per heavy atom. The third kappa shape index (κ3) is 2.46. The summed E-state index contributed by atoms with van der Waals surface area (Å²) in [6, 6.07) is 5.57. The van der Waals surface area contributed by atoms with Crippen molar-refractivity contribution in [2.45, 2.75) is 52.6 Å². The monoisotopic (exact) mass is 326 g/mol. The highest BCUT2D eigenvalue weighted by Gasteiger charge is 2.47. The zero-order chi connectivity index (χ0) is 17.6. The van der Waals surface area contributed by atoms with Gasteiger partial charge in [0.15, 0.2) is 5.78 Å². The van der Waals surface area contributed by atoms with Gasteiger partial charge in [-0.2, -0.15) is 0 Å². The summed E-state index contributed by atoms with van der Waals surface area (Å²) < 4.78 is 11.6. The summed E-state index contributed by atoms with van der Waals surface area (Å²) in [5.41, 5.74) is 1.81. The van der Waals surface area contributed by atoms with Crippen molar-refractivity contribution in [3.8, 4) is 5.75 Å². The van der Waals surface area contributed by atoms with Gasteiger partial charge in [-0.25, -0.2) is 4.79 Å². The molecule has 2 unspecified atom stereocenters. The third-order valence-corrected chi connectivity index (χ3v) is 4.85. The van der Waals surface area contributed by atoms with Gasteiger partial charge in [0.1, 0.15) is 17.4 Å². The topological polar surface area (TPSA) is 56.5 Å². The van der Waals surface area contributed by atoms with E-state index in [1.165, 1.54) is 0 Å². The van der Waals surface area contributed by atoms with Crippen molar-refractivity contribution in [2.75, 3.05) is 0 Å². The van der Waals surface area contributed by atoms with Gasteiger partial charge in [-0.15, -0.1) is 0 Å². The zero-order valence-corrected chi connectivity index (χ0v) is 14.7. The van der Waals surface area contributed by atoms with E-state index >= 15 is 0 Å². The second kappa shape index (κ2) is 5.62. The van der Waals surface area contributed by atoms with Crippen LogP contribution in [0.15, 0.2) is 39.1 Å². The molecule has 0 radical (unpaired) electrons. The average Bonchev–Trinajstić information content (AvgIpc) is 2.70. The Bertz CT molecular complexity index is 915. The number of rotatable bonds is 3. The molecule has 0 spiro atoms. The first-order chi connectivity index (χ1) is 11.2. The standard InChI is InChI=1S/C20H22O4/c1-11(2)9-14(21)10-20(5)13(4)23-18-16-12(3)7-6-8-15(16)24-19(22)17(18)20/h6-9,13H,10H2,1-5H3. The van der Waals surface area contributed by atoms with E-state index < -0.39 is 11.0 Å². The fraction of sp³-hybridized carbons (Fsp3) is 0.400. The molecule has 4 heteroatoms. The van der Waals surface area contributed by atoms with Crippen LogP contribution in [0.1, 0.15) is 45.2 Å². The van der Waals surface area contributed by atoms with Crippen LogP contribution in [0.4, 0.5) is 0 Å². The highest BCUT2D eigenvalue weighted by atomic mass is 16.5. The summed E-state index contributed by atoms with van der Waals surface area (Å²) in [5, 5.41) is 0.817. The van der Waals surface area contributed by atoms with E-state index in [0.29, 0.717) is 16.9 Å². The molecule has 1 aromatic heterocycles. The molecular weight excluding hydrogens is 304 g/mol. The fourth-order valence-electron chi connectivity index (χ4n) is 3.47. The number of hydrogen-bond donors (Lipinski definition) is 0. The highest BCUT2D eigenvalue weighted by Crippen LogP contribution is 2.47. The maximum absolute atomic E-state index is 12.6. The first-order valence-corrected chi connectivity index (χ1v) is 8.15. The number of aryl methyl sites for hydroxylation is 1. The molecule has 126 valence electrons. The van der Waals surface area contributed by atoms with Gasteiger partial charge in [0.2, 0.25) is 0 Å². The second-order valence-electron chi connectivity index (χ2n) is 7.08.